The molecule has 0 radical (unpaired) electrons. The number of halogens is 3. The molecular formula is C8H10F3N5O2S. The maximum Gasteiger partial charge on any atom is 0.409 e. The van der Waals surface area contributed by atoms with Gasteiger partial charge < -0.3 is 9.64 Å². The Morgan fingerprint density at radius 1 is 1.42 bits per heavy atom. The highest BCUT2D eigenvalue weighted by Gasteiger charge is 2.30. The lowest BCUT2D eigenvalue weighted by molar-refractivity contribution is -0.144. The summed E-state index contributed by atoms with van der Waals surface area (Å²) in [5, 5.41) is 10.1. The summed E-state index contributed by atoms with van der Waals surface area (Å²) in [6.07, 6.45) is -4.78. The Hall–Kier alpha value is -1.52. The van der Waals surface area contributed by atoms with Crippen molar-refractivity contribution in [2.75, 3.05) is 25.4 Å². The van der Waals surface area contributed by atoms with Gasteiger partial charge in [-0.2, -0.15) is 13.2 Å². The van der Waals surface area contributed by atoms with Crippen molar-refractivity contribution in [3.8, 4) is 0 Å². The second-order valence-electron chi connectivity index (χ2n) is 3.68. The number of aromatic nitrogens is 4. The van der Waals surface area contributed by atoms with Gasteiger partial charge in [-0.3, -0.25) is 0 Å². The number of cyclic esters (lactones) is 1. The quantitative estimate of drug-likeness (QED) is 0.748. The van der Waals surface area contributed by atoms with Gasteiger partial charge in [0, 0.05) is 12.3 Å². The zero-order valence-electron chi connectivity index (χ0n) is 9.63. The third-order valence-electron chi connectivity index (χ3n) is 2.27. The fourth-order valence-corrected chi connectivity index (χ4v) is 2.28. The molecule has 0 spiro atoms. The van der Waals surface area contributed by atoms with Crippen LogP contribution < -0.4 is 0 Å². The summed E-state index contributed by atoms with van der Waals surface area (Å²) in [4.78, 5) is 12.6. The highest BCUT2D eigenvalue weighted by atomic mass is 32.2. The molecule has 0 atom stereocenters. The first kappa shape index (κ1) is 13.9. The predicted octanol–water partition coefficient (Wildman–Crippen LogP) is 0.780. The molecule has 0 saturated carbocycles. The number of hydrogen-bond donors (Lipinski definition) is 0. The number of hydrogen-bond acceptors (Lipinski definition) is 6. The zero-order valence-corrected chi connectivity index (χ0v) is 10.4. The van der Waals surface area contributed by atoms with Crippen molar-refractivity contribution < 1.29 is 22.7 Å². The van der Waals surface area contributed by atoms with Gasteiger partial charge in [-0.1, -0.05) is 11.8 Å². The third-order valence-corrected chi connectivity index (χ3v) is 3.20. The zero-order chi connectivity index (χ0) is 13.9. The molecule has 0 aromatic carbocycles. The highest BCUT2D eigenvalue weighted by Crippen LogP contribution is 2.21. The van der Waals surface area contributed by atoms with Gasteiger partial charge in [-0.05, 0) is 10.4 Å². The van der Waals surface area contributed by atoms with Crippen molar-refractivity contribution in [3.63, 3.8) is 0 Å². The Morgan fingerprint density at radius 3 is 2.84 bits per heavy atom. The molecule has 0 aliphatic carbocycles. The minimum absolute atomic E-state index is 0.0740. The van der Waals surface area contributed by atoms with Crippen LogP contribution in [-0.4, -0.2) is 62.8 Å². The van der Waals surface area contributed by atoms with Crippen molar-refractivity contribution in [1.82, 2.24) is 25.1 Å². The molecule has 106 valence electrons. The van der Waals surface area contributed by atoms with Gasteiger partial charge in [0.1, 0.15) is 13.2 Å². The van der Waals surface area contributed by atoms with E-state index in [0.29, 0.717) is 30.1 Å². The first-order valence-electron chi connectivity index (χ1n) is 5.33. The van der Waals surface area contributed by atoms with Crippen LogP contribution in [-0.2, 0) is 11.3 Å². The molecule has 0 bridgehead atoms. The maximum absolute atomic E-state index is 12.2. The number of thioether (sulfide) groups is 1. The minimum atomic E-state index is -4.37. The van der Waals surface area contributed by atoms with Crippen LogP contribution in [0.1, 0.15) is 0 Å². The molecule has 0 unspecified atom stereocenters. The summed E-state index contributed by atoms with van der Waals surface area (Å²) in [7, 11) is 0. The van der Waals surface area contributed by atoms with Gasteiger partial charge in [0.15, 0.2) is 0 Å². The van der Waals surface area contributed by atoms with Gasteiger partial charge in [0.25, 0.3) is 0 Å². The van der Waals surface area contributed by atoms with E-state index in [1.165, 1.54) is 4.90 Å². The lowest BCUT2D eigenvalue weighted by Gasteiger charge is -2.11. The van der Waals surface area contributed by atoms with Crippen LogP contribution >= 0.6 is 11.8 Å². The lowest BCUT2D eigenvalue weighted by Crippen LogP contribution is -2.26. The summed E-state index contributed by atoms with van der Waals surface area (Å²) < 4.78 is 42.1. The summed E-state index contributed by atoms with van der Waals surface area (Å²) in [6, 6.07) is 0. The Labute approximate surface area is 110 Å². The number of ether oxygens (including phenoxy) is 1. The van der Waals surface area contributed by atoms with Crippen molar-refractivity contribution in [3.05, 3.63) is 0 Å². The van der Waals surface area contributed by atoms with E-state index in [9.17, 15) is 18.0 Å². The number of nitrogens with zero attached hydrogens (tertiary/aromatic N) is 5. The number of rotatable bonds is 5. The van der Waals surface area contributed by atoms with E-state index in [0.717, 1.165) is 11.8 Å². The van der Waals surface area contributed by atoms with Crippen molar-refractivity contribution in [1.29, 1.82) is 0 Å². The molecule has 11 heteroatoms. The number of tetrazole rings is 1. The molecule has 2 heterocycles. The maximum atomic E-state index is 12.2. The second kappa shape index (κ2) is 5.63. The van der Waals surface area contributed by atoms with Crippen LogP contribution in [0.2, 0.25) is 0 Å². The molecule has 1 amide bonds. The second-order valence-corrected chi connectivity index (χ2v) is 4.75. The van der Waals surface area contributed by atoms with Crippen LogP contribution in [0.4, 0.5) is 18.0 Å². The summed E-state index contributed by atoms with van der Waals surface area (Å²) >= 11 is 1.06. The van der Waals surface area contributed by atoms with E-state index in [4.69, 9.17) is 4.74 Å². The molecule has 2 rings (SSSR count). The number of alkyl halides is 3. The molecule has 19 heavy (non-hydrogen) atoms. The van der Waals surface area contributed by atoms with Crippen LogP contribution in [0.3, 0.4) is 0 Å². The van der Waals surface area contributed by atoms with Crippen LogP contribution in [0.25, 0.3) is 0 Å². The number of carbonyl (C=O) groups excluding carboxylic acids is 1. The average Bonchev–Trinajstić information content (AvgIpc) is 2.88. The first-order chi connectivity index (χ1) is 8.96. The normalized spacial score (nSPS) is 15.9. The van der Waals surface area contributed by atoms with Crippen molar-refractivity contribution in [2.24, 2.45) is 0 Å². The van der Waals surface area contributed by atoms with E-state index in [-0.39, 0.29) is 5.16 Å². The van der Waals surface area contributed by atoms with Gasteiger partial charge in [-0.15, -0.1) is 5.10 Å². The summed E-state index contributed by atoms with van der Waals surface area (Å²) in [6.45, 7) is -0.0152. The average molecular weight is 297 g/mol. The van der Waals surface area contributed by atoms with Crippen LogP contribution in [0, 0.1) is 0 Å². The molecule has 0 N–H and O–H groups in total. The molecule has 1 saturated heterocycles. The smallest absolute Gasteiger partial charge is 0.409 e. The highest BCUT2D eigenvalue weighted by molar-refractivity contribution is 7.99. The van der Waals surface area contributed by atoms with E-state index >= 15 is 0 Å². The fraction of sp³-hybridized carbons (Fsp3) is 0.750. The van der Waals surface area contributed by atoms with E-state index in [1.807, 2.05) is 0 Å². The largest absolute Gasteiger partial charge is 0.448 e. The summed E-state index contributed by atoms with van der Waals surface area (Å²) in [5.74, 6) is 0.396. The molecule has 1 fully saturated rings. The van der Waals surface area contributed by atoms with Gasteiger partial charge in [-0.25, -0.2) is 9.48 Å². The van der Waals surface area contributed by atoms with Gasteiger partial charge >= 0.3 is 12.3 Å². The van der Waals surface area contributed by atoms with Crippen molar-refractivity contribution in [2.45, 2.75) is 17.9 Å². The number of amides is 1. The van der Waals surface area contributed by atoms with Gasteiger partial charge in [0.05, 0.1) is 6.54 Å². The van der Waals surface area contributed by atoms with Crippen molar-refractivity contribution >= 4 is 17.9 Å². The standard InChI is InChI=1S/C8H10F3N5O2S/c9-8(10,11)5-16-6(12-13-14-16)19-4-2-15-1-3-18-7(15)17/h1-5H2. The van der Waals surface area contributed by atoms with Gasteiger partial charge in [0.2, 0.25) is 5.16 Å². The monoisotopic (exact) mass is 297 g/mol. The van der Waals surface area contributed by atoms with Crippen LogP contribution in [0.5, 0.6) is 0 Å². The van der Waals surface area contributed by atoms with E-state index in [1.54, 1.807) is 0 Å². The topological polar surface area (TPSA) is 73.1 Å². The third kappa shape index (κ3) is 3.98. The summed E-state index contributed by atoms with van der Waals surface area (Å²) in [5.41, 5.74) is 0. The SMILES string of the molecule is O=C1OCCN1CCSc1nnnn1CC(F)(F)F. The Morgan fingerprint density at radius 2 is 2.21 bits per heavy atom. The predicted molar refractivity (Wildman–Crippen MR) is 57.5 cm³/mol. The lowest BCUT2D eigenvalue weighted by atomic mass is 10.6. The Bertz CT molecular complexity index is 452. The fourth-order valence-electron chi connectivity index (χ4n) is 1.44. The van der Waals surface area contributed by atoms with E-state index < -0.39 is 18.8 Å². The molecule has 1 aliphatic rings. The molecule has 1 aromatic rings. The minimum Gasteiger partial charge on any atom is -0.448 e. The molecule has 7 nitrogen and oxygen atoms in total. The Balaban J connectivity index is 1.83. The first-order valence-corrected chi connectivity index (χ1v) is 6.32. The van der Waals surface area contributed by atoms with E-state index in [2.05, 4.69) is 15.5 Å². The Kier molecular flexibility index (Phi) is 4.12. The number of carbonyl (C=O) groups is 1. The molecule has 1 aliphatic heterocycles. The molecular weight excluding hydrogens is 287 g/mol. The van der Waals surface area contributed by atoms with Crippen LogP contribution in [0.15, 0.2) is 5.16 Å². The molecule has 1 aromatic heterocycles.